The van der Waals surface area contributed by atoms with Gasteiger partial charge in [0.2, 0.25) is 17.7 Å². The van der Waals surface area contributed by atoms with Crippen LogP contribution in [0.2, 0.25) is 0 Å². The van der Waals surface area contributed by atoms with Crippen molar-refractivity contribution in [2.75, 3.05) is 26.3 Å². The SMILES string of the molecule is C=CCCC(=O)OC[C@@H](NC(=O)[C@H]1[C@@H]2O[C@@]3(CC2Br)[C@@H]1C(=O)N(CCCCCO)[C@@H]3C(=O)N(CC=C)C(C)C)c1ccccc1. The van der Waals surface area contributed by atoms with Gasteiger partial charge in [0, 0.05) is 37.0 Å². The van der Waals surface area contributed by atoms with Crippen LogP contribution in [0.1, 0.15) is 64.0 Å². The summed E-state index contributed by atoms with van der Waals surface area (Å²) in [5.41, 5.74) is -0.426. The molecule has 3 heterocycles. The lowest BCUT2D eigenvalue weighted by molar-refractivity contribution is -0.149. The first-order chi connectivity index (χ1) is 21.6. The van der Waals surface area contributed by atoms with Crippen LogP contribution >= 0.6 is 15.9 Å². The number of aliphatic hydroxyl groups is 1. The van der Waals surface area contributed by atoms with Gasteiger partial charge in [-0.3, -0.25) is 19.2 Å². The Bertz CT molecular complexity index is 1240. The van der Waals surface area contributed by atoms with Crippen LogP contribution in [0.5, 0.6) is 0 Å². The van der Waals surface area contributed by atoms with Crippen molar-refractivity contribution >= 4 is 39.6 Å². The van der Waals surface area contributed by atoms with E-state index in [1.807, 2.05) is 44.2 Å². The predicted octanol–water partition coefficient (Wildman–Crippen LogP) is 3.69. The molecule has 3 amide bonds. The van der Waals surface area contributed by atoms with E-state index in [0.717, 1.165) is 5.56 Å². The molecule has 7 atom stereocenters. The zero-order valence-electron chi connectivity index (χ0n) is 26.2. The van der Waals surface area contributed by atoms with Crippen molar-refractivity contribution in [3.8, 4) is 0 Å². The summed E-state index contributed by atoms with van der Waals surface area (Å²) < 4.78 is 12.2. The third kappa shape index (κ3) is 7.20. The Kier molecular flexibility index (Phi) is 12.0. The molecule has 3 saturated heterocycles. The summed E-state index contributed by atoms with van der Waals surface area (Å²) in [4.78, 5) is 58.2. The number of aliphatic hydroxyl groups excluding tert-OH is 1. The molecule has 0 saturated carbocycles. The highest BCUT2D eigenvalue weighted by Gasteiger charge is 2.76. The second-order valence-electron chi connectivity index (χ2n) is 12.3. The maximum Gasteiger partial charge on any atom is 0.306 e. The number of unbranched alkanes of at least 4 members (excludes halogenated alkanes) is 2. The van der Waals surface area contributed by atoms with E-state index in [1.54, 1.807) is 22.0 Å². The van der Waals surface area contributed by atoms with Gasteiger partial charge in [-0.15, -0.1) is 13.2 Å². The molecule has 4 rings (SSSR count). The van der Waals surface area contributed by atoms with Crippen LogP contribution in [0.25, 0.3) is 0 Å². The largest absolute Gasteiger partial charge is 0.463 e. The van der Waals surface area contributed by atoms with Gasteiger partial charge < -0.3 is 29.7 Å². The number of allylic oxidation sites excluding steroid dienone is 1. The highest BCUT2D eigenvalue weighted by atomic mass is 79.9. The number of carbonyl (C=O) groups is 4. The number of amides is 3. The third-order valence-corrected chi connectivity index (χ3v) is 9.94. The summed E-state index contributed by atoms with van der Waals surface area (Å²) in [7, 11) is 0. The van der Waals surface area contributed by atoms with Crippen LogP contribution in [0.15, 0.2) is 55.6 Å². The van der Waals surface area contributed by atoms with Gasteiger partial charge in [-0.05, 0) is 51.5 Å². The number of ether oxygens (including phenoxy) is 2. The Hall–Kier alpha value is -3.02. The molecule has 1 unspecified atom stereocenters. The number of nitrogens with zero attached hydrogens (tertiary/aromatic N) is 2. The van der Waals surface area contributed by atoms with Gasteiger partial charge in [-0.1, -0.05) is 58.4 Å². The van der Waals surface area contributed by atoms with Crippen molar-refractivity contribution in [2.24, 2.45) is 11.8 Å². The maximum atomic E-state index is 14.3. The highest BCUT2D eigenvalue weighted by Crippen LogP contribution is 2.60. The van der Waals surface area contributed by atoms with E-state index in [1.165, 1.54) is 0 Å². The smallest absolute Gasteiger partial charge is 0.306 e. The number of halogens is 1. The number of likely N-dealkylation sites (tertiary alicyclic amines) is 1. The fraction of sp³-hybridized carbons (Fsp3) is 0.588. The lowest BCUT2D eigenvalue weighted by Gasteiger charge is -2.38. The highest BCUT2D eigenvalue weighted by molar-refractivity contribution is 9.09. The van der Waals surface area contributed by atoms with E-state index in [4.69, 9.17) is 9.47 Å². The molecule has 10 nitrogen and oxygen atoms in total. The van der Waals surface area contributed by atoms with Crippen LogP contribution in [0.3, 0.4) is 0 Å². The molecule has 3 aliphatic heterocycles. The van der Waals surface area contributed by atoms with E-state index in [9.17, 15) is 24.3 Å². The molecule has 246 valence electrons. The van der Waals surface area contributed by atoms with Gasteiger partial charge in [0.25, 0.3) is 0 Å². The Morgan fingerprint density at radius 1 is 1.20 bits per heavy atom. The summed E-state index contributed by atoms with van der Waals surface area (Å²) >= 11 is 3.73. The number of hydrogen-bond donors (Lipinski definition) is 2. The van der Waals surface area contributed by atoms with Crippen molar-refractivity contribution in [1.82, 2.24) is 15.1 Å². The Morgan fingerprint density at radius 2 is 1.93 bits per heavy atom. The maximum absolute atomic E-state index is 14.3. The second kappa shape index (κ2) is 15.5. The standard InChI is InChI=1S/C34H46BrN3O7/c1-5-7-16-26(40)44-21-25(23-14-10-8-11-15-23)36-31(41)27-28-32(42)38(18-12-9-13-19-39)30(33(43)37(17-6-2)22(3)4)34(28)20-24(35)29(27)45-34/h5-6,8,10-11,14-15,22,24-25,27-30,39H,1-2,7,9,12-13,16-21H2,3-4H3,(H,36,41)/t24?,25-,27-,28+,29-,30-,34+/m1/s1. The molecule has 3 aliphatic rings. The number of esters is 1. The van der Waals surface area contributed by atoms with Gasteiger partial charge in [0.15, 0.2) is 0 Å². The summed E-state index contributed by atoms with van der Waals surface area (Å²) in [6.45, 7) is 11.9. The average molecular weight is 689 g/mol. The van der Waals surface area contributed by atoms with Gasteiger partial charge in [0.1, 0.15) is 18.2 Å². The minimum absolute atomic E-state index is 0.0494. The number of benzene rings is 1. The first-order valence-electron chi connectivity index (χ1n) is 15.9. The zero-order chi connectivity index (χ0) is 32.7. The molecule has 11 heteroatoms. The van der Waals surface area contributed by atoms with E-state index >= 15 is 0 Å². The summed E-state index contributed by atoms with van der Waals surface area (Å²) in [6.07, 6.45) is 5.66. The normalized spacial score (nSPS) is 27.3. The van der Waals surface area contributed by atoms with Crippen molar-refractivity contribution in [3.63, 3.8) is 0 Å². The molecular weight excluding hydrogens is 642 g/mol. The first-order valence-corrected chi connectivity index (χ1v) is 16.8. The summed E-state index contributed by atoms with van der Waals surface area (Å²) in [5, 5.41) is 12.4. The van der Waals surface area contributed by atoms with E-state index in [2.05, 4.69) is 34.4 Å². The predicted molar refractivity (Wildman–Crippen MR) is 173 cm³/mol. The minimum atomic E-state index is -1.18. The molecule has 1 aromatic rings. The molecule has 1 aromatic carbocycles. The van der Waals surface area contributed by atoms with Gasteiger partial charge >= 0.3 is 5.97 Å². The molecule has 45 heavy (non-hydrogen) atoms. The Labute approximate surface area is 274 Å². The lowest BCUT2D eigenvalue weighted by atomic mass is 9.70. The molecule has 0 aliphatic carbocycles. The fourth-order valence-corrected chi connectivity index (χ4v) is 7.96. The number of hydrogen-bond acceptors (Lipinski definition) is 7. The summed E-state index contributed by atoms with van der Waals surface area (Å²) in [5.74, 6) is -2.99. The van der Waals surface area contributed by atoms with Crippen molar-refractivity contribution < 1.29 is 33.8 Å². The fourth-order valence-electron chi connectivity index (χ4n) is 7.01. The Balaban J connectivity index is 1.65. The molecule has 0 radical (unpaired) electrons. The van der Waals surface area contributed by atoms with Crippen molar-refractivity contribution in [3.05, 3.63) is 61.2 Å². The summed E-state index contributed by atoms with van der Waals surface area (Å²) in [6, 6.07) is 7.54. The van der Waals surface area contributed by atoms with Crippen LogP contribution in [-0.2, 0) is 28.7 Å². The topological polar surface area (TPSA) is 125 Å². The van der Waals surface area contributed by atoms with Gasteiger partial charge in [-0.2, -0.15) is 0 Å². The zero-order valence-corrected chi connectivity index (χ0v) is 27.8. The molecular formula is C34H46BrN3O7. The van der Waals surface area contributed by atoms with Crippen molar-refractivity contribution in [2.45, 2.75) is 87.0 Å². The Morgan fingerprint density at radius 3 is 2.58 bits per heavy atom. The number of rotatable bonds is 17. The average Bonchev–Trinajstić information content (AvgIpc) is 3.62. The minimum Gasteiger partial charge on any atom is -0.463 e. The number of nitrogens with one attached hydrogen (secondary N) is 1. The molecule has 1 spiro atoms. The third-order valence-electron chi connectivity index (χ3n) is 9.10. The number of alkyl halides is 1. The molecule has 2 N–H and O–H groups in total. The number of fused-ring (bicyclic) bond motifs is 1. The van der Waals surface area contributed by atoms with Crippen LogP contribution in [0.4, 0.5) is 0 Å². The van der Waals surface area contributed by atoms with E-state index in [0.29, 0.717) is 45.2 Å². The number of carbonyl (C=O) groups excluding carboxylic acids is 4. The van der Waals surface area contributed by atoms with Gasteiger partial charge in [-0.25, -0.2) is 0 Å². The van der Waals surface area contributed by atoms with E-state index in [-0.39, 0.29) is 48.2 Å². The van der Waals surface area contributed by atoms with E-state index < -0.39 is 41.6 Å². The second-order valence-corrected chi connectivity index (χ2v) is 13.5. The van der Waals surface area contributed by atoms with Crippen molar-refractivity contribution in [1.29, 1.82) is 0 Å². The monoisotopic (exact) mass is 687 g/mol. The van der Waals surface area contributed by atoms with Crippen LogP contribution < -0.4 is 5.32 Å². The van der Waals surface area contributed by atoms with Gasteiger partial charge in [0.05, 0.1) is 24.0 Å². The lowest BCUT2D eigenvalue weighted by Crippen LogP contribution is -2.58. The molecule has 0 aromatic heterocycles. The molecule has 2 bridgehead atoms. The quantitative estimate of drug-likeness (QED) is 0.111. The first kappa shape index (κ1) is 34.8. The molecule has 3 fully saturated rings. The van der Waals surface area contributed by atoms with Crippen LogP contribution in [-0.4, -0.2) is 93.5 Å². The van der Waals surface area contributed by atoms with Crippen LogP contribution in [0, 0.1) is 11.8 Å².